The van der Waals surface area contributed by atoms with Gasteiger partial charge in [-0.25, -0.2) is 13.4 Å². The van der Waals surface area contributed by atoms with Gasteiger partial charge in [0, 0.05) is 38.4 Å². The van der Waals surface area contributed by atoms with Crippen molar-refractivity contribution in [3.05, 3.63) is 47.7 Å². The van der Waals surface area contributed by atoms with Crippen molar-refractivity contribution < 1.29 is 18.0 Å². The monoisotopic (exact) mass is 431 g/mol. The predicted octanol–water partition coefficient (Wildman–Crippen LogP) is 1.94. The average molecular weight is 432 g/mol. The van der Waals surface area contributed by atoms with Crippen molar-refractivity contribution in [3.63, 3.8) is 0 Å². The van der Waals surface area contributed by atoms with Crippen molar-refractivity contribution in [2.24, 2.45) is 0 Å². The van der Waals surface area contributed by atoms with E-state index in [-0.39, 0.29) is 23.7 Å². The Hall–Kier alpha value is -3.14. The Labute approximate surface area is 175 Å². The Morgan fingerprint density at radius 2 is 1.87 bits per heavy atom. The van der Waals surface area contributed by atoms with Crippen molar-refractivity contribution in [1.29, 1.82) is 0 Å². The number of nitrogens with one attached hydrogen (secondary N) is 3. The Morgan fingerprint density at radius 1 is 1.13 bits per heavy atom. The van der Waals surface area contributed by atoms with Crippen LogP contribution in [0.15, 0.2) is 36.5 Å². The molecule has 2 aromatic rings. The number of amides is 2. The number of rotatable bonds is 7. The molecule has 2 amide bonds. The lowest BCUT2D eigenvalue weighted by Crippen LogP contribution is -2.25. The van der Waals surface area contributed by atoms with Gasteiger partial charge in [-0.1, -0.05) is 0 Å². The number of nitrogens with zero attached hydrogens (tertiary/aromatic N) is 2. The highest BCUT2D eigenvalue weighted by Crippen LogP contribution is 2.22. The standard InChI is InChI=1S/C20H25N5O4S/c1-14(26)23-16-5-6-18(24-30(2,28)29)17(12-16)20(27)22-13-15-7-8-21-19(11-15)25-9-3-4-10-25/h5-8,11-12,24H,3-4,9-10,13H2,1-2H3,(H,22,27)(H,23,26). The maximum Gasteiger partial charge on any atom is 0.253 e. The highest BCUT2D eigenvalue weighted by molar-refractivity contribution is 7.92. The first-order valence-electron chi connectivity index (χ1n) is 9.59. The molecule has 1 aromatic heterocycles. The van der Waals surface area contributed by atoms with E-state index in [1.165, 1.54) is 25.1 Å². The number of pyridine rings is 1. The molecule has 1 aromatic carbocycles. The third kappa shape index (κ3) is 5.93. The topological polar surface area (TPSA) is 120 Å². The fraction of sp³-hybridized carbons (Fsp3) is 0.350. The minimum atomic E-state index is -3.58. The van der Waals surface area contributed by atoms with Crippen molar-refractivity contribution in [3.8, 4) is 0 Å². The van der Waals surface area contributed by atoms with Gasteiger partial charge in [0.05, 0.1) is 17.5 Å². The fourth-order valence-electron chi connectivity index (χ4n) is 3.27. The van der Waals surface area contributed by atoms with E-state index in [0.717, 1.165) is 43.6 Å². The lowest BCUT2D eigenvalue weighted by Gasteiger charge is -2.17. The van der Waals surface area contributed by atoms with E-state index in [9.17, 15) is 18.0 Å². The molecule has 30 heavy (non-hydrogen) atoms. The minimum Gasteiger partial charge on any atom is -0.357 e. The first-order valence-corrected chi connectivity index (χ1v) is 11.5. The highest BCUT2D eigenvalue weighted by atomic mass is 32.2. The van der Waals surface area contributed by atoms with Crippen LogP contribution in [-0.4, -0.2) is 44.6 Å². The zero-order valence-corrected chi connectivity index (χ0v) is 17.8. The Balaban J connectivity index is 1.77. The van der Waals surface area contributed by atoms with Crippen LogP contribution in [0.5, 0.6) is 0 Å². The molecule has 9 nitrogen and oxygen atoms in total. The van der Waals surface area contributed by atoms with Gasteiger partial charge in [-0.2, -0.15) is 0 Å². The van der Waals surface area contributed by atoms with Gasteiger partial charge in [0.25, 0.3) is 5.91 Å². The smallest absolute Gasteiger partial charge is 0.253 e. The fourth-order valence-corrected chi connectivity index (χ4v) is 3.85. The summed E-state index contributed by atoms with van der Waals surface area (Å²) in [6.45, 7) is 3.55. The number of hydrogen-bond donors (Lipinski definition) is 3. The van der Waals surface area contributed by atoms with Gasteiger partial charge in [0.15, 0.2) is 0 Å². The molecule has 3 N–H and O–H groups in total. The summed E-state index contributed by atoms with van der Waals surface area (Å²) in [5.41, 5.74) is 1.53. The molecule has 0 aliphatic carbocycles. The summed E-state index contributed by atoms with van der Waals surface area (Å²) in [5.74, 6) is 0.121. The Kier molecular flexibility index (Phi) is 6.56. The van der Waals surface area contributed by atoms with Crippen LogP contribution in [0.25, 0.3) is 0 Å². The van der Waals surface area contributed by atoms with E-state index in [4.69, 9.17) is 0 Å². The number of benzene rings is 1. The summed E-state index contributed by atoms with van der Waals surface area (Å²) < 4.78 is 25.7. The number of aromatic nitrogens is 1. The molecule has 160 valence electrons. The third-order valence-electron chi connectivity index (χ3n) is 4.57. The van der Waals surface area contributed by atoms with Gasteiger partial charge in [-0.05, 0) is 48.7 Å². The SMILES string of the molecule is CC(=O)Nc1ccc(NS(C)(=O)=O)c(C(=O)NCc2ccnc(N3CCCC3)c2)c1. The first kappa shape index (κ1) is 21.6. The normalized spacial score (nSPS) is 13.7. The first-order chi connectivity index (χ1) is 14.2. The molecule has 1 saturated heterocycles. The number of carbonyl (C=O) groups is 2. The van der Waals surface area contributed by atoms with Crippen molar-refractivity contribution >= 4 is 39.0 Å². The van der Waals surface area contributed by atoms with Gasteiger partial charge in [-0.3, -0.25) is 14.3 Å². The quantitative estimate of drug-likeness (QED) is 0.616. The van der Waals surface area contributed by atoms with Crippen LogP contribution >= 0.6 is 0 Å². The molecular formula is C20H25N5O4S. The van der Waals surface area contributed by atoms with E-state index >= 15 is 0 Å². The maximum absolute atomic E-state index is 12.8. The van der Waals surface area contributed by atoms with Crippen LogP contribution in [0.4, 0.5) is 17.2 Å². The van der Waals surface area contributed by atoms with Crippen molar-refractivity contribution in [2.75, 3.05) is 34.3 Å². The second-order valence-electron chi connectivity index (χ2n) is 7.21. The lowest BCUT2D eigenvalue weighted by atomic mass is 10.1. The van der Waals surface area contributed by atoms with Gasteiger partial charge in [0.1, 0.15) is 5.82 Å². The molecule has 1 aliphatic heterocycles. The molecule has 10 heteroatoms. The second-order valence-corrected chi connectivity index (χ2v) is 8.96. The van der Waals surface area contributed by atoms with Crippen LogP contribution in [0.3, 0.4) is 0 Å². The van der Waals surface area contributed by atoms with Gasteiger partial charge < -0.3 is 15.5 Å². The van der Waals surface area contributed by atoms with Crippen molar-refractivity contribution in [2.45, 2.75) is 26.3 Å². The molecule has 0 bridgehead atoms. The molecular weight excluding hydrogens is 406 g/mol. The van der Waals surface area contributed by atoms with E-state index in [2.05, 4.69) is 25.2 Å². The van der Waals surface area contributed by atoms with E-state index in [1.54, 1.807) is 6.20 Å². The highest BCUT2D eigenvalue weighted by Gasteiger charge is 2.17. The van der Waals surface area contributed by atoms with E-state index in [1.807, 2.05) is 12.1 Å². The number of carbonyl (C=O) groups excluding carboxylic acids is 2. The second kappa shape index (κ2) is 9.12. The van der Waals surface area contributed by atoms with E-state index in [0.29, 0.717) is 5.69 Å². The summed E-state index contributed by atoms with van der Waals surface area (Å²) >= 11 is 0. The van der Waals surface area contributed by atoms with Crippen molar-refractivity contribution in [1.82, 2.24) is 10.3 Å². The van der Waals surface area contributed by atoms with Crippen LogP contribution in [-0.2, 0) is 21.4 Å². The predicted molar refractivity (Wildman–Crippen MR) is 116 cm³/mol. The molecule has 3 rings (SSSR count). The average Bonchev–Trinajstić information content (AvgIpc) is 3.21. The lowest BCUT2D eigenvalue weighted by molar-refractivity contribution is -0.114. The van der Waals surface area contributed by atoms with E-state index < -0.39 is 15.9 Å². The molecule has 1 aliphatic rings. The summed E-state index contributed by atoms with van der Waals surface area (Å²) in [5, 5.41) is 5.40. The minimum absolute atomic E-state index is 0.112. The zero-order chi connectivity index (χ0) is 21.7. The molecule has 2 heterocycles. The number of anilines is 3. The summed E-state index contributed by atoms with van der Waals surface area (Å²) in [4.78, 5) is 30.7. The van der Waals surface area contributed by atoms with Crippen LogP contribution in [0, 0.1) is 0 Å². The number of hydrogen-bond acceptors (Lipinski definition) is 6. The van der Waals surface area contributed by atoms with Gasteiger partial charge >= 0.3 is 0 Å². The maximum atomic E-state index is 12.8. The molecule has 1 fully saturated rings. The zero-order valence-electron chi connectivity index (χ0n) is 16.9. The molecule has 0 unspecified atom stereocenters. The van der Waals surface area contributed by atoms with Crippen LogP contribution in [0.1, 0.15) is 35.7 Å². The largest absolute Gasteiger partial charge is 0.357 e. The number of sulfonamides is 1. The third-order valence-corrected chi connectivity index (χ3v) is 5.16. The summed E-state index contributed by atoms with van der Waals surface area (Å²) in [6.07, 6.45) is 5.00. The van der Waals surface area contributed by atoms with Gasteiger partial charge in [-0.15, -0.1) is 0 Å². The Bertz CT molecular complexity index is 1050. The van der Waals surface area contributed by atoms with Crippen LogP contribution in [0.2, 0.25) is 0 Å². The molecule has 0 spiro atoms. The van der Waals surface area contributed by atoms with Crippen LogP contribution < -0.4 is 20.3 Å². The molecule has 0 saturated carbocycles. The molecule has 0 atom stereocenters. The Morgan fingerprint density at radius 3 is 2.53 bits per heavy atom. The summed E-state index contributed by atoms with van der Waals surface area (Å²) in [6, 6.07) is 8.17. The van der Waals surface area contributed by atoms with Gasteiger partial charge in [0.2, 0.25) is 15.9 Å². The summed E-state index contributed by atoms with van der Waals surface area (Å²) in [7, 11) is -3.58. The molecule has 0 radical (unpaired) electrons.